The van der Waals surface area contributed by atoms with Crippen molar-refractivity contribution >= 4 is 27.6 Å². The molecule has 1 aliphatic heterocycles. The zero-order valence-corrected chi connectivity index (χ0v) is 30.8. The molecule has 2 N–H and O–H groups in total. The number of rotatable bonds is 20. The molecule has 16 nitrogen and oxygen atoms in total. The Labute approximate surface area is 299 Å². The summed E-state index contributed by atoms with van der Waals surface area (Å²) in [5.74, 6) is -0.324. The number of benzene rings is 2. The molecule has 0 radical (unpaired) electrons. The Bertz CT molecular complexity index is 1910. The second kappa shape index (κ2) is 19.2. The van der Waals surface area contributed by atoms with Crippen LogP contribution in [0.2, 0.25) is 0 Å². The van der Waals surface area contributed by atoms with Crippen molar-refractivity contribution in [3.63, 3.8) is 0 Å². The number of esters is 2. The number of aryl methyl sites for hydroxylation is 1. The van der Waals surface area contributed by atoms with Crippen molar-refractivity contribution in [3.05, 3.63) is 104 Å². The van der Waals surface area contributed by atoms with E-state index in [1.807, 2.05) is 0 Å². The van der Waals surface area contributed by atoms with E-state index in [0.29, 0.717) is 23.3 Å². The topological polar surface area (TPSA) is 208 Å². The molecule has 0 spiro atoms. The highest BCUT2D eigenvalue weighted by atomic mass is 31.3. The molecule has 1 aliphatic rings. The lowest BCUT2D eigenvalue weighted by molar-refractivity contribution is -0.134. The normalized spacial score (nSPS) is 17.7. The molecular weight excluding hydrogens is 722 g/mol. The van der Waals surface area contributed by atoms with E-state index in [1.54, 1.807) is 12.1 Å². The predicted octanol–water partition coefficient (Wildman–Crippen LogP) is 6.17. The quantitative estimate of drug-likeness (QED) is 0.0434. The number of hydrogen-bond donors (Lipinski definition) is 2. The summed E-state index contributed by atoms with van der Waals surface area (Å²) in [6.07, 6.45) is 7.65. The van der Waals surface area contributed by atoms with E-state index < -0.39 is 65.0 Å². The fourth-order valence-electron chi connectivity index (χ4n) is 4.76. The maximum absolute atomic E-state index is 13.8. The summed E-state index contributed by atoms with van der Waals surface area (Å²) in [5.41, 5.74) is -0.131. The van der Waals surface area contributed by atoms with Crippen molar-refractivity contribution in [2.24, 2.45) is 0 Å². The van der Waals surface area contributed by atoms with Crippen molar-refractivity contribution in [1.82, 2.24) is 9.55 Å². The average Bonchev–Trinajstić information content (AvgIpc) is 3.57. The highest BCUT2D eigenvalue weighted by Gasteiger charge is 2.39. The summed E-state index contributed by atoms with van der Waals surface area (Å²) < 4.78 is 64.9. The van der Waals surface area contributed by atoms with Gasteiger partial charge in [0.1, 0.15) is 17.6 Å². The van der Waals surface area contributed by atoms with Gasteiger partial charge in [0.15, 0.2) is 6.23 Å². The Balaban J connectivity index is 1.37. The van der Waals surface area contributed by atoms with Crippen LogP contribution in [-0.2, 0) is 54.6 Å². The van der Waals surface area contributed by atoms with Crippen LogP contribution in [0.15, 0.2) is 76.5 Å². The van der Waals surface area contributed by atoms with Gasteiger partial charge in [-0.15, -0.1) is 0 Å². The van der Waals surface area contributed by atoms with E-state index in [4.69, 9.17) is 32.1 Å². The lowest BCUT2D eigenvalue weighted by Crippen LogP contribution is -2.33. The van der Waals surface area contributed by atoms with E-state index in [2.05, 4.69) is 11.9 Å². The van der Waals surface area contributed by atoms with Crippen LogP contribution < -0.4 is 20.7 Å². The highest BCUT2D eigenvalue weighted by Crippen LogP contribution is 2.64. The van der Waals surface area contributed by atoms with Crippen LogP contribution in [0.3, 0.4) is 0 Å². The zero-order valence-electron chi connectivity index (χ0n) is 29.0. The average molecular weight is 765 g/mol. The number of phosphoric ester groups is 2. The van der Waals surface area contributed by atoms with Crippen molar-refractivity contribution in [2.45, 2.75) is 84.8 Å². The maximum atomic E-state index is 13.8. The first kappa shape index (κ1) is 40.8. The summed E-state index contributed by atoms with van der Waals surface area (Å²) in [6, 6.07) is 12.1. The van der Waals surface area contributed by atoms with Crippen LogP contribution in [-0.4, -0.2) is 39.1 Å². The Hall–Kier alpha value is -3.98. The van der Waals surface area contributed by atoms with Gasteiger partial charge in [0, 0.05) is 25.1 Å². The van der Waals surface area contributed by atoms with Crippen molar-refractivity contribution in [1.29, 1.82) is 0 Å². The molecule has 4 rings (SSSR count). The minimum Gasteiger partial charge on any atom is -0.427 e. The number of carbonyl (C=O) groups excluding carboxylic acids is 2. The third-order valence-electron chi connectivity index (χ3n) is 7.43. The van der Waals surface area contributed by atoms with E-state index in [1.165, 1.54) is 68.6 Å². The number of unbranched alkanes of at least 4 members (excludes halogenated alkanes) is 4. The summed E-state index contributed by atoms with van der Waals surface area (Å²) in [6.45, 7) is 3.50. The molecule has 2 aromatic carbocycles. The number of aromatic nitrogens is 2. The predicted molar refractivity (Wildman–Crippen MR) is 186 cm³/mol. The summed E-state index contributed by atoms with van der Waals surface area (Å²) >= 11 is 0. The van der Waals surface area contributed by atoms with Crippen molar-refractivity contribution in [2.75, 3.05) is 6.61 Å². The fourth-order valence-corrected chi connectivity index (χ4v) is 7.36. The molecule has 2 unspecified atom stereocenters. The number of hydrogen-bond acceptors (Lipinski definition) is 13. The summed E-state index contributed by atoms with van der Waals surface area (Å²) in [7, 11) is -9.99. The number of carbonyl (C=O) groups is 2. The van der Waals surface area contributed by atoms with Gasteiger partial charge in [-0.1, -0.05) is 62.9 Å². The van der Waals surface area contributed by atoms with E-state index in [9.17, 15) is 33.2 Å². The lowest BCUT2D eigenvalue weighted by Gasteiger charge is -2.22. The van der Waals surface area contributed by atoms with Gasteiger partial charge >= 0.3 is 33.3 Å². The minimum atomic E-state index is -5.15. The van der Waals surface area contributed by atoms with Crippen LogP contribution in [0.25, 0.3) is 0 Å². The molecule has 1 aromatic heterocycles. The number of aromatic amines is 1. The highest BCUT2D eigenvalue weighted by molar-refractivity contribution is 7.61. The lowest BCUT2D eigenvalue weighted by atomic mass is 10.1. The third-order valence-corrected chi connectivity index (χ3v) is 10.4. The van der Waals surface area contributed by atoms with Gasteiger partial charge in [0.05, 0.1) is 19.8 Å². The molecule has 3 aromatic rings. The number of nitrogens with zero attached hydrogens (tertiary/aromatic N) is 1. The third kappa shape index (κ3) is 13.2. The van der Waals surface area contributed by atoms with E-state index in [0.717, 1.165) is 36.7 Å². The second-order valence-corrected chi connectivity index (χ2v) is 15.0. The molecule has 282 valence electrons. The first-order valence-corrected chi connectivity index (χ1v) is 19.5. The molecule has 4 atom stereocenters. The Morgan fingerprint density at radius 2 is 1.46 bits per heavy atom. The largest absolute Gasteiger partial charge is 0.484 e. The van der Waals surface area contributed by atoms with Gasteiger partial charge in [0.25, 0.3) is 5.56 Å². The van der Waals surface area contributed by atoms with Gasteiger partial charge in [0.2, 0.25) is 0 Å². The Kier molecular flexibility index (Phi) is 15.1. The standard InChI is InChI=1S/C34H42N2O14P2/c1-4-5-6-7-8-9-32(38)49-29-16-12-27(13-17-29)22-46-52(43,45-21-26-10-14-28(15-11-26)47-25(3)37)50-51(41,42)44-23-30-18-19-31(48-30)36-20-24(2)33(39)35-34(36)40/h10-20,30-31H,4-9,21-23H2,1-3H3,(H,41,42)(H,35,39,40)/t30-,31+,52?/m0/s1. The van der Waals surface area contributed by atoms with Gasteiger partial charge in [-0.2, -0.15) is 4.31 Å². The number of ether oxygens (including phenoxy) is 3. The first-order chi connectivity index (χ1) is 24.7. The van der Waals surface area contributed by atoms with Crippen LogP contribution in [0.1, 0.15) is 75.3 Å². The molecule has 0 amide bonds. The summed E-state index contributed by atoms with van der Waals surface area (Å²) in [5, 5.41) is 0. The van der Waals surface area contributed by atoms with Crippen molar-refractivity contribution in [3.8, 4) is 11.5 Å². The number of nitrogens with one attached hydrogen (secondary N) is 1. The smallest absolute Gasteiger partial charge is 0.427 e. The van der Waals surface area contributed by atoms with Gasteiger partial charge < -0.3 is 19.1 Å². The molecule has 18 heteroatoms. The molecule has 0 fully saturated rings. The van der Waals surface area contributed by atoms with Crippen LogP contribution in [0.5, 0.6) is 11.5 Å². The molecule has 2 heterocycles. The Morgan fingerprint density at radius 3 is 2.06 bits per heavy atom. The molecular formula is C34H42N2O14P2. The Morgan fingerprint density at radius 1 is 0.865 bits per heavy atom. The monoisotopic (exact) mass is 764 g/mol. The van der Waals surface area contributed by atoms with Crippen LogP contribution >= 0.6 is 15.6 Å². The molecule has 52 heavy (non-hydrogen) atoms. The second-order valence-electron chi connectivity index (χ2n) is 11.8. The zero-order chi connectivity index (χ0) is 37.7. The van der Waals surface area contributed by atoms with E-state index in [-0.39, 0.29) is 17.3 Å². The van der Waals surface area contributed by atoms with Gasteiger partial charge in [-0.05, 0) is 54.8 Å². The molecule has 0 saturated carbocycles. The van der Waals surface area contributed by atoms with Crippen LogP contribution in [0, 0.1) is 6.92 Å². The van der Waals surface area contributed by atoms with Crippen LogP contribution in [0.4, 0.5) is 0 Å². The molecule has 0 aliphatic carbocycles. The number of phosphoric acid groups is 2. The first-order valence-electron chi connectivity index (χ1n) is 16.5. The SMILES string of the molecule is CCCCCCCC(=O)Oc1ccc(COP(=O)(OCc2ccc(OC(C)=O)cc2)OP(=O)(O)OC[C@@H]2C=C[C@H](n3cc(C)c(=O)[nH]c3=O)O2)cc1. The number of H-pyrrole nitrogens is 1. The molecule has 0 saturated heterocycles. The maximum Gasteiger partial charge on any atom is 0.484 e. The van der Waals surface area contributed by atoms with E-state index >= 15 is 0 Å². The summed E-state index contributed by atoms with van der Waals surface area (Å²) in [4.78, 5) is 60.1. The van der Waals surface area contributed by atoms with Gasteiger partial charge in [-0.3, -0.25) is 37.5 Å². The fraction of sp³-hybridized carbons (Fsp3) is 0.412. The van der Waals surface area contributed by atoms with Crippen molar-refractivity contribution < 1.29 is 55.7 Å². The molecule has 0 bridgehead atoms. The minimum absolute atomic E-state index is 0.257. The van der Waals surface area contributed by atoms with Gasteiger partial charge in [-0.25, -0.2) is 13.9 Å².